The van der Waals surface area contributed by atoms with Gasteiger partial charge in [-0.1, -0.05) is 36.8 Å². The van der Waals surface area contributed by atoms with Crippen LogP contribution in [0.25, 0.3) is 0 Å². The third kappa shape index (κ3) is 3.47. The third-order valence-electron chi connectivity index (χ3n) is 5.77. The number of hydrogen-bond acceptors (Lipinski definition) is 3. The highest BCUT2D eigenvalue weighted by atomic mass is 16.3. The molecule has 2 saturated heterocycles. The number of hydrogen-bond donors (Lipinski definition) is 1. The van der Waals surface area contributed by atoms with Crippen molar-refractivity contribution in [3.8, 4) is 0 Å². The summed E-state index contributed by atoms with van der Waals surface area (Å²) in [5, 5.41) is 11.3. The Morgan fingerprint density at radius 1 is 1.13 bits per heavy atom. The minimum absolute atomic E-state index is 0.150. The van der Waals surface area contributed by atoms with Gasteiger partial charge < -0.3 is 5.11 Å². The van der Waals surface area contributed by atoms with Crippen LogP contribution in [0.5, 0.6) is 0 Å². The first kappa shape index (κ1) is 16.9. The number of likely N-dealkylation sites (tertiary alicyclic amines) is 2. The fraction of sp³-hybridized carbons (Fsp3) is 0.700. The van der Waals surface area contributed by atoms with E-state index < -0.39 is 5.60 Å². The fourth-order valence-corrected chi connectivity index (χ4v) is 4.18. The number of aliphatic hydroxyl groups is 1. The Morgan fingerprint density at radius 2 is 1.78 bits per heavy atom. The summed E-state index contributed by atoms with van der Waals surface area (Å²) >= 11 is 0. The Hall–Kier alpha value is -0.900. The fourth-order valence-electron chi connectivity index (χ4n) is 4.18. The van der Waals surface area contributed by atoms with Crippen molar-refractivity contribution in [2.75, 3.05) is 13.1 Å². The first-order valence-electron chi connectivity index (χ1n) is 9.07. The molecule has 0 aromatic heterocycles. The Kier molecular flexibility index (Phi) is 4.56. The predicted octanol–water partition coefficient (Wildman–Crippen LogP) is 3.27. The monoisotopic (exact) mass is 316 g/mol. The summed E-state index contributed by atoms with van der Waals surface area (Å²) in [5.41, 5.74) is 0.954. The molecule has 0 radical (unpaired) electrons. The molecule has 0 amide bonds. The van der Waals surface area contributed by atoms with Gasteiger partial charge in [0.2, 0.25) is 0 Å². The van der Waals surface area contributed by atoms with Crippen LogP contribution in [-0.2, 0) is 6.54 Å². The van der Waals surface area contributed by atoms with Crippen molar-refractivity contribution in [2.24, 2.45) is 0 Å². The largest absolute Gasteiger partial charge is 0.386 e. The first-order chi connectivity index (χ1) is 10.8. The van der Waals surface area contributed by atoms with Crippen molar-refractivity contribution < 1.29 is 5.11 Å². The topological polar surface area (TPSA) is 26.7 Å². The molecule has 3 nitrogen and oxygen atoms in total. The van der Waals surface area contributed by atoms with E-state index in [1.807, 2.05) is 0 Å². The highest BCUT2D eigenvalue weighted by Crippen LogP contribution is 2.39. The minimum Gasteiger partial charge on any atom is -0.386 e. The van der Waals surface area contributed by atoms with Crippen LogP contribution >= 0.6 is 0 Å². The summed E-state index contributed by atoms with van der Waals surface area (Å²) in [4.78, 5) is 4.95. The van der Waals surface area contributed by atoms with Crippen molar-refractivity contribution in [3.63, 3.8) is 0 Å². The number of piperidine rings is 1. The molecular formula is C20H32N2O. The lowest BCUT2D eigenvalue weighted by atomic mass is 9.77. The Bertz CT molecular complexity index is 516. The van der Waals surface area contributed by atoms with E-state index in [9.17, 15) is 5.11 Å². The molecule has 0 spiro atoms. The average molecular weight is 316 g/mol. The van der Waals surface area contributed by atoms with E-state index in [1.54, 1.807) is 0 Å². The summed E-state index contributed by atoms with van der Waals surface area (Å²) in [5.74, 6) is 0. The average Bonchev–Trinajstić information content (AvgIpc) is 2.46. The second-order valence-electron chi connectivity index (χ2n) is 8.58. The standard InChI is InChI=1S/C20H32N2O/c1-16-9-8-12-18(20(23)14-21(15-20)19(2,3)4)22(16)13-17-10-6-5-7-11-17/h5-7,10-11,16,18,23H,8-9,12-15H2,1-4H3. The van der Waals surface area contributed by atoms with Crippen LogP contribution in [0.15, 0.2) is 30.3 Å². The summed E-state index contributed by atoms with van der Waals surface area (Å²) in [6.45, 7) is 11.6. The van der Waals surface area contributed by atoms with Crippen molar-refractivity contribution in [3.05, 3.63) is 35.9 Å². The minimum atomic E-state index is -0.545. The quantitative estimate of drug-likeness (QED) is 0.927. The molecule has 128 valence electrons. The van der Waals surface area contributed by atoms with Crippen LogP contribution in [0.2, 0.25) is 0 Å². The SMILES string of the molecule is CC1CCCC(C2(O)CN(C(C)(C)C)C2)N1Cc1ccccc1. The Balaban J connectivity index is 1.74. The number of rotatable bonds is 3. The van der Waals surface area contributed by atoms with Gasteiger partial charge in [-0.15, -0.1) is 0 Å². The summed E-state index contributed by atoms with van der Waals surface area (Å²) in [6, 6.07) is 11.5. The zero-order valence-corrected chi connectivity index (χ0v) is 15.1. The zero-order chi connectivity index (χ0) is 16.7. The Labute approximate surface area is 141 Å². The van der Waals surface area contributed by atoms with Crippen molar-refractivity contribution in [1.29, 1.82) is 0 Å². The molecule has 3 heteroatoms. The summed E-state index contributed by atoms with van der Waals surface area (Å²) in [6.07, 6.45) is 3.59. The van der Waals surface area contributed by atoms with Gasteiger partial charge in [-0.05, 0) is 46.1 Å². The molecule has 0 aliphatic carbocycles. The van der Waals surface area contributed by atoms with Gasteiger partial charge in [-0.2, -0.15) is 0 Å². The van der Waals surface area contributed by atoms with E-state index in [1.165, 1.54) is 18.4 Å². The second kappa shape index (κ2) is 6.19. The molecule has 2 heterocycles. The van der Waals surface area contributed by atoms with Gasteiger partial charge in [-0.3, -0.25) is 9.80 Å². The maximum Gasteiger partial charge on any atom is 0.105 e. The van der Waals surface area contributed by atoms with Gasteiger partial charge in [0.05, 0.1) is 0 Å². The normalized spacial score (nSPS) is 29.3. The second-order valence-corrected chi connectivity index (χ2v) is 8.58. The van der Waals surface area contributed by atoms with Crippen molar-refractivity contribution >= 4 is 0 Å². The first-order valence-corrected chi connectivity index (χ1v) is 9.07. The van der Waals surface area contributed by atoms with Crippen LogP contribution in [0.4, 0.5) is 0 Å². The zero-order valence-electron chi connectivity index (χ0n) is 15.1. The molecule has 3 rings (SSSR count). The smallest absolute Gasteiger partial charge is 0.105 e. The van der Waals surface area contributed by atoms with Crippen LogP contribution in [0.1, 0.15) is 52.5 Å². The molecule has 0 saturated carbocycles. The van der Waals surface area contributed by atoms with E-state index in [0.717, 1.165) is 26.1 Å². The molecule has 2 fully saturated rings. The molecule has 1 N–H and O–H groups in total. The van der Waals surface area contributed by atoms with Crippen molar-refractivity contribution in [2.45, 2.75) is 76.7 Å². The lowest BCUT2D eigenvalue weighted by molar-refractivity contribution is -0.184. The maximum atomic E-state index is 11.3. The molecule has 23 heavy (non-hydrogen) atoms. The van der Waals surface area contributed by atoms with Crippen LogP contribution < -0.4 is 0 Å². The van der Waals surface area contributed by atoms with E-state index >= 15 is 0 Å². The maximum absolute atomic E-state index is 11.3. The Morgan fingerprint density at radius 3 is 2.39 bits per heavy atom. The van der Waals surface area contributed by atoms with Crippen molar-refractivity contribution in [1.82, 2.24) is 9.80 Å². The lowest BCUT2D eigenvalue weighted by Gasteiger charge is -2.59. The van der Waals surface area contributed by atoms with Crippen LogP contribution in [0.3, 0.4) is 0 Å². The van der Waals surface area contributed by atoms with Crippen LogP contribution in [0, 0.1) is 0 Å². The molecule has 2 unspecified atom stereocenters. The van der Waals surface area contributed by atoms with E-state index in [4.69, 9.17) is 0 Å². The predicted molar refractivity (Wildman–Crippen MR) is 95.4 cm³/mol. The van der Waals surface area contributed by atoms with Gasteiger partial charge >= 0.3 is 0 Å². The van der Waals surface area contributed by atoms with Gasteiger partial charge in [-0.25, -0.2) is 0 Å². The van der Waals surface area contributed by atoms with Crippen LogP contribution in [-0.4, -0.2) is 51.2 Å². The number of β-amino-alcohol motifs (C(OH)–C–C–N with tert-alkyl or cyclic N) is 1. The molecule has 2 aliphatic heterocycles. The van der Waals surface area contributed by atoms with E-state index in [0.29, 0.717) is 6.04 Å². The molecular weight excluding hydrogens is 284 g/mol. The molecule has 2 atom stereocenters. The molecule has 2 aliphatic rings. The van der Waals surface area contributed by atoms with Gasteiger partial charge in [0.1, 0.15) is 5.60 Å². The molecule has 1 aromatic rings. The summed E-state index contributed by atoms with van der Waals surface area (Å²) < 4.78 is 0. The lowest BCUT2D eigenvalue weighted by Crippen LogP contribution is -2.75. The van der Waals surface area contributed by atoms with E-state index in [2.05, 4.69) is 67.8 Å². The van der Waals surface area contributed by atoms with Gasteiger partial charge in [0, 0.05) is 37.3 Å². The molecule has 1 aromatic carbocycles. The van der Waals surface area contributed by atoms with E-state index in [-0.39, 0.29) is 11.6 Å². The summed E-state index contributed by atoms with van der Waals surface area (Å²) in [7, 11) is 0. The highest BCUT2D eigenvalue weighted by molar-refractivity contribution is 5.16. The number of benzene rings is 1. The highest BCUT2D eigenvalue weighted by Gasteiger charge is 2.53. The molecule has 0 bridgehead atoms. The van der Waals surface area contributed by atoms with Gasteiger partial charge in [0.15, 0.2) is 0 Å². The third-order valence-corrected chi connectivity index (χ3v) is 5.77. The number of nitrogens with zero attached hydrogens (tertiary/aromatic N) is 2. The van der Waals surface area contributed by atoms with Gasteiger partial charge in [0.25, 0.3) is 0 Å².